The van der Waals surface area contributed by atoms with Crippen LogP contribution in [-0.2, 0) is 9.59 Å². The molecule has 2 fully saturated rings. The summed E-state index contributed by atoms with van der Waals surface area (Å²) in [7, 11) is 0. The van der Waals surface area contributed by atoms with Crippen LogP contribution in [-0.4, -0.2) is 10.5 Å². The van der Waals surface area contributed by atoms with Gasteiger partial charge in [0.1, 0.15) is 0 Å². The van der Waals surface area contributed by atoms with Gasteiger partial charge in [0.2, 0.25) is 10.5 Å². The fourth-order valence-corrected chi connectivity index (χ4v) is 9.45. The lowest BCUT2D eigenvalue weighted by atomic mass is 9.85. The predicted molar refractivity (Wildman–Crippen MR) is 157 cm³/mol. The first kappa shape index (κ1) is 28.6. The van der Waals surface area contributed by atoms with E-state index in [2.05, 4.69) is 12.1 Å². The Balaban J connectivity index is 1.52. The zero-order valence-electron chi connectivity index (χ0n) is 21.6. The Bertz CT molecular complexity index is 949. The van der Waals surface area contributed by atoms with E-state index < -0.39 is 0 Å². The molecule has 200 valence electrons. The van der Waals surface area contributed by atoms with E-state index in [4.69, 9.17) is 23.2 Å². The van der Waals surface area contributed by atoms with Crippen molar-refractivity contribution in [2.24, 2.45) is 11.8 Å². The predicted octanol–water partition coefficient (Wildman–Crippen LogP) is 10.9. The topological polar surface area (TPSA) is 34.1 Å². The first-order valence-electron chi connectivity index (χ1n) is 14.4. The second-order valence-corrected chi connectivity index (χ2v) is 14.3. The van der Waals surface area contributed by atoms with E-state index in [9.17, 15) is 9.59 Å². The molecule has 0 aromatic carbocycles. The molecule has 4 unspecified atom stereocenters. The Hall–Kier alpha value is -0.420. The van der Waals surface area contributed by atoms with Gasteiger partial charge in [0, 0.05) is 31.0 Å². The van der Waals surface area contributed by atoms with E-state index in [0.717, 1.165) is 51.4 Å². The minimum atomic E-state index is -0.146. The lowest BCUT2D eigenvalue weighted by Crippen LogP contribution is -2.14. The molecule has 2 aliphatic carbocycles. The zero-order chi connectivity index (χ0) is 25.3. The number of halogens is 2. The van der Waals surface area contributed by atoms with Crippen LogP contribution in [0.15, 0.2) is 12.1 Å². The van der Waals surface area contributed by atoms with Crippen molar-refractivity contribution in [3.63, 3.8) is 0 Å². The first-order chi connectivity index (χ1) is 17.5. The highest BCUT2D eigenvalue weighted by Gasteiger charge is 2.27. The van der Waals surface area contributed by atoms with Crippen molar-refractivity contribution in [2.75, 3.05) is 0 Å². The third-order valence-electron chi connectivity index (χ3n) is 8.54. The molecular weight excluding hydrogens is 527 g/mol. The van der Waals surface area contributed by atoms with E-state index in [1.807, 2.05) is 22.7 Å². The Morgan fingerprint density at radius 2 is 0.889 bits per heavy atom. The SMILES string of the molecule is O=C(Cl)C1CCCCCCCCCC(c2cc3sc(C4CCCCCCCC(C(=O)Cl)C4)cc3s2)C1. The van der Waals surface area contributed by atoms with Crippen molar-refractivity contribution in [1.29, 1.82) is 0 Å². The molecule has 0 aliphatic heterocycles. The summed E-state index contributed by atoms with van der Waals surface area (Å²) in [6, 6.07) is 4.81. The molecule has 0 spiro atoms. The third kappa shape index (κ3) is 8.29. The van der Waals surface area contributed by atoms with Crippen molar-refractivity contribution in [3.05, 3.63) is 21.9 Å². The van der Waals surface area contributed by atoms with Crippen LogP contribution < -0.4 is 0 Å². The van der Waals surface area contributed by atoms with E-state index in [1.54, 1.807) is 0 Å². The van der Waals surface area contributed by atoms with E-state index in [0.29, 0.717) is 11.8 Å². The number of hydrogen-bond donors (Lipinski definition) is 0. The van der Waals surface area contributed by atoms with Gasteiger partial charge in [0.05, 0.1) is 0 Å². The van der Waals surface area contributed by atoms with Gasteiger partial charge in [-0.15, -0.1) is 22.7 Å². The Labute approximate surface area is 235 Å². The van der Waals surface area contributed by atoms with Crippen LogP contribution >= 0.6 is 45.9 Å². The van der Waals surface area contributed by atoms with E-state index >= 15 is 0 Å². The van der Waals surface area contributed by atoms with Crippen LogP contribution in [0.5, 0.6) is 0 Å². The van der Waals surface area contributed by atoms with Crippen molar-refractivity contribution in [2.45, 2.75) is 127 Å². The van der Waals surface area contributed by atoms with Gasteiger partial charge in [-0.25, -0.2) is 0 Å². The highest BCUT2D eigenvalue weighted by Crippen LogP contribution is 2.45. The van der Waals surface area contributed by atoms with E-state index in [-0.39, 0.29) is 22.3 Å². The monoisotopic (exact) mass is 568 g/mol. The van der Waals surface area contributed by atoms with Gasteiger partial charge < -0.3 is 0 Å². The molecule has 2 aliphatic rings. The number of fused-ring (bicyclic) bond motifs is 1. The maximum absolute atomic E-state index is 12.2. The van der Waals surface area contributed by atoms with Crippen LogP contribution in [0.4, 0.5) is 0 Å². The molecule has 2 aromatic rings. The second kappa shape index (κ2) is 14.7. The first-order valence-corrected chi connectivity index (χ1v) is 16.8. The van der Waals surface area contributed by atoms with Gasteiger partial charge in [-0.05, 0) is 85.7 Å². The van der Waals surface area contributed by atoms with Crippen molar-refractivity contribution in [1.82, 2.24) is 0 Å². The van der Waals surface area contributed by atoms with Crippen LogP contribution in [0.1, 0.15) is 137 Å². The summed E-state index contributed by atoms with van der Waals surface area (Å²) in [5.41, 5.74) is 0. The summed E-state index contributed by atoms with van der Waals surface area (Å²) >= 11 is 16.0. The molecular formula is C30H42Cl2O2S2. The quantitative estimate of drug-likeness (QED) is 0.343. The number of carbonyl (C=O) groups is 2. The number of carbonyl (C=O) groups excluding carboxylic acids is 2. The molecule has 2 nitrogen and oxygen atoms in total. The summed E-state index contributed by atoms with van der Waals surface area (Å²) in [5.74, 6) is 0.840. The average molecular weight is 570 g/mol. The van der Waals surface area contributed by atoms with Crippen molar-refractivity contribution < 1.29 is 9.59 Å². The van der Waals surface area contributed by atoms with Gasteiger partial charge >= 0.3 is 0 Å². The molecule has 0 amide bonds. The van der Waals surface area contributed by atoms with E-state index in [1.165, 1.54) is 83.4 Å². The molecule has 6 heteroatoms. The van der Waals surface area contributed by atoms with Gasteiger partial charge in [-0.1, -0.05) is 77.0 Å². The minimum Gasteiger partial charge on any atom is -0.281 e. The summed E-state index contributed by atoms with van der Waals surface area (Å²) in [6.07, 6.45) is 20.9. The number of hydrogen-bond acceptors (Lipinski definition) is 4. The van der Waals surface area contributed by atoms with Gasteiger partial charge in [-0.2, -0.15) is 0 Å². The van der Waals surface area contributed by atoms with Crippen LogP contribution in [0.25, 0.3) is 9.40 Å². The molecule has 0 N–H and O–H groups in total. The Morgan fingerprint density at radius 3 is 1.25 bits per heavy atom. The highest BCUT2D eigenvalue weighted by atomic mass is 35.5. The largest absolute Gasteiger partial charge is 0.281 e. The third-order valence-corrected chi connectivity index (χ3v) is 11.8. The van der Waals surface area contributed by atoms with Crippen molar-refractivity contribution in [3.8, 4) is 0 Å². The second-order valence-electron chi connectivity index (χ2n) is 11.3. The van der Waals surface area contributed by atoms with Gasteiger partial charge in [0.15, 0.2) is 0 Å². The fraction of sp³-hybridized carbons (Fsp3) is 0.733. The summed E-state index contributed by atoms with van der Waals surface area (Å²) < 4.78 is 2.74. The van der Waals surface area contributed by atoms with Crippen molar-refractivity contribution >= 4 is 65.8 Å². The summed E-state index contributed by atoms with van der Waals surface area (Å²) in [5, 5.41) is -0.288. The molecule has 2 saturated carbocycles. The molecule has 0 bridgehead atoms. The molecule has 2 aromatic heterocycles. The number of rotatable bonds is 4. The summed E-state index contributed by atoms with van der Waals surface area (Å²) in [4.78, 5) is 27.2. The molecule has 0 radical (unpaired) electrons. The van der Waals surface area contributed by atoms with Crippen LogP contribution in [0.2, 0.25) is 0 Å². The minimum absolute atomic E-state index is 0.00768. The molecule has 4 atom stereocenters. The zero-order valence-corrected chi connectivity index (χ0v) is 24.7. The average Bonchev–Trinajstić information content (AvgIpc) is 3.42. The summed E-state index contributed by atoms with van der Waals surface area (Å²) in [6.45, 7) is 0. The smallest absolute Gasteiger partial charge is 0.224 e. The normalized spacial score (nSPS) is 28.2. The van der Waals surface area contributed by atoms with Crippen LogP contribution in [0, 0.1) is 11.8 Å². The lowest BCUT2D eigenvalue weighted by Gasteiger charge is -2.22. The van der Waals surface area contributed by atoms with Crippen LogP contribution in [0.3, 0.4) is 0 Å². The Morgan fingerprint density at radius 1 is 0.556 bits per heavy atom. The lowest BCUT2D eigenvalue weighted by molar-refractivity contribution is -0.116. The molecule has 36 heavy (non-hydrogen) atoms. The van der Waals surface area contributed by atoms with Gasteiger partial charge in [-0.3, -0.25) is 9.59 Å². The fourth-order valence-electron chi connectivity index (χ4n) is 6.34. The molecule has 0 saturated heterocycles. The maximum atomic E-state index is 12.2. The molecule has 2 heterocycles. The maximum Gasteiger partial charge on any atom is 0.224 e. The Kier molecular flexibility index (Phi) is 11.6. The van der Waals surface area contributed by atoms with Gasteiger partial charge in [0.25, 0.3) is 0 Å². The molecule has 4 rings (SSSR count). The highest BCUT2D eigenvalue weighted by molar-refractivity contribution is 7.27. The standard InChI is InChI=1S/C30H42Cl2O2S2/c31-29(33)23-15-11-6-3-1-2-5-9-13-21(17-23)25-19-27-28(35-25)20-26(36-27)22-14-10-7-4-8-12-16-24(18-22)30(32)34/h19-24H,1-18H2. The number of thiophene rings is 2.